The number of carbonyl (C=O) groups is 1. The van der Waals surface area contributed by atoms with Gasteiger partial charge in [0.15, 0.2) is 6.23 Å². The summed E-state index contributed by atoms with van der Waals surface area (Å²) in [6.07, 6.45) is 10.3. The van der Waals surface area contributed by atoms with Crippen molar-refractivity contribution < 1.29 is 29.2 Å². The zero-order valence-corrected chi connectivity index (χ0v) is 20.9. The van der Waals surface area contributed by atoms with Crippen LogP contribution in [0.25, 0.3) is 0 Å². The maximum absolute atomic E-state index is 12.1. The number of H-pyrrole nitrogens is 1. The van der Waals surface area contributed by atoms with E-state index < -0.39 is 42.4 Å². The van der Waals surface area contributed by atoms with Crippen molar-refractivity contribution >= 4 is 5.97 Å². The molecule has 35 heavy (non-hydrogen) atoms. The molecule has 1 aromatic heterocycles. The van der Waals surface area contributed by atoms with Gasteiger partial charge in [-0.1, -0.05) is 57.8 Å². The maximum atomic E-state index is 12.1. The molecule has 2 rings (SSSR count). The number of rotatable bonds is 18. The Morgan fingerprint density at radius 1 is 1.03 bits per heavy atom. The van der Waals surface area contributed by atoms with Crippen LogP contribution in [0.4, 0.5) is 0 Å². The van der Waals surface area contributed by atoms with Crippen LogP contribution < -0.4 is 11.2 Å². The summed E-state index contributed by atoms with van der Waals surface area (Å²) in [6, 6.07) is 1.20. The molecular formula is C25H42N2O8. The highest BCUT2D eigenvalue weighted by molar-refractivity contribution is 5.69. The number of ether oxygens (including phenoxy) is 3. The van der Waals surface area contributed by atoms with Crippen LogP contribution >= 0.6 is 0 Å². The van der Waals surface area contributed by atoms with E-state index in [0.29, 0.717) is 19.6 Å². The Morgan fingerprint density at radius 2 is 1.63 bits per heavy atom. The molecule has 0 aromatic carbocycles. The van der Waals surface area contributed by atoms with Crippen molar-refractivity contribution in [2.24, 2.45) is 0 Å². The lowest BCUT2D eigenvalue weighted by Crippen LogP contribution is -2.39. The quantitative estimate of drug-likeness (QED) is 0.207. The van der Waals surface area contributed by atoms with Gasteiger partial charge in [-0.2, -0.15) is 0 Å². The number of aromatic nitrogens is 2. The average Bonchev–Trinajstić information content (AvgIpc) is 3.14. The molecule has 0 saturated carbocycles. The first-order valence-corrected chi connectivity index (χ1v) is 13.0. The van der Waals surface area contributed by atoms with Gasteiger partial charge in [0.25, 0.3) is 5.56 Å². The fourth-order valence-corrected chi connectivity index (χ4v) is 4.32. The number of nitrogens with zero attached hydrogens (tertiary/aromatic N) is 1. The number of unbranched alkanes of at least 4 members (excludes halogenated alkanes) is 10. The second-order valence-electron chi connectivity index (χ2n) is 9.04. The summed E-state index contributed by atoms with van der Waals surface area (Å²) in [6.45, 7) is 2.29. The molecule has 0 radical (unpaired) electrons. The molecule has 1 aliphatic rings. The van der Waals surface area contributed by atoms with Gasteiger partial charge in [0.2, 0.25) is 0 Å². The molecule has 1 aromatic rings. The zero-order chi connectivity index (χ0) is 25.5. The normalized spacial score (nSPS) is 21.9. The van der Waals surface area contributed by atoms with Crippen molar-refractivity contribution in [3.63, 3.8) is 0 Å². The van der Waals surface area contributed by atoms with Crippen molar-refractivity contribution in [3.8, 4) is 0 Å². The van der Waals surface area contributed by atoms with E-state index in [0.717, 1.165) is 38.5 Å². The number of esters is 1. The monoisotopic (exact) mass is 498 g/mol. The molecule has 0 spiro atoms. The molecule has 4 atom stereocenters. The van der Waals surface area contributed by atoms with Gasteiger partial charge in [-0.3, -0.25) is 19.1 Å². The first-order valence-electron chi connectivity index (χ1n) is 13.0. The first kappa shape index (κ1) is 29.2. The van der Waals surface area contributed by atoms with E-state index in [-0.39, 0.29) is 5.97 Å². The van der Waals surface area contributed by atoms with E-state index in [1.165, 1.54) is 48.9 Å². The van der Waals surface area contributed by atoms with Crippen LogP contribution in [-0.4, -0.2) is 63.9 Å². The molecule has 1 fully saturated rings. The summed E-state index contributed by atoms with van der Waals surface area (Å²) < 4.78 is 17.6. The molecule has 1 saturated heterocycles. The molecule has 0 amide bonds. The van der Waals surface area contributed by atoms with Crippen LogP contribution in [-0.2, 0) is 19.0 Å². The number of aromatic amines is 1. The third-order valence-electron chi connectivity index (χ3n) is 6.26. The Bertz CT molecular complexity index is 839. The Morgan fingerprint density at radius 3 is 2.20 bits per heavy atom. The van der Waals surface area contributed by atoms with Crippen LogP contribution in [0.2, 0.25) is 0 Å². The topological polar surface area (TPSA) is 140 Å². The molecule has 10 heteroatoms. The third-order valence-corrected chi connectivity index (χ3v) is 6.26. The van der Waals surface area contributed by atoms with E-state index in [4.69, 9.17) is 14.2 Å². The highest BCUT2D eigenvalue weighted by Crippen LogP contribution is 2.30. The Kier molecular flexibility index (Phi) is 13.9. The number of nitrogens with one attached hydrogen (secondary N) is 1. The van der Waals surface area contributed by atoms with Gasteiger partial charge in [0.1, 0.15) is 18.3 Å². The SMILES string of the molecule is CCOC(=O)CCCCCCCCCCCCCOC1[C@@H](O)[C@@H](CO)O[C@H]1n1ccc(=O)[nH]c1=O. The minimum Gasteiger partial charge on any atom is -0.466 e. The number of carbonyl (C=O) groups excluding carboxylic acids is 1. The molecule has 1 aliphatic heterocycles. The first-order chi connectivity index (χ1) is 17.0. The fourth-order valence-electron chi connectivity index (χ4n) is 4.32. The second kappa shape index (κ2) is 16.6. The largest absolute Gasteiger partial charge is 0.466 e. The van der Waals surface area contributed by atoms with Gasteiger partial charge >= 0.3 is 11.7 Å². The van der Waals surface area contributed by atoms with E-state index in [1.807, 2.05) is 6.92 Å². The highest BCUT2D eigenvalue weighted by atomic mass is 16.6. The van der Waals surface area contributed by atoms with Gasteiger partial charge in [-0.15, -0.1) is 0 Å². The lowest BCUT2D eigenvalue weighted by atomic mass is 10.1. The maximum Gasteiger partial charge on any atom is 0.330 e. The summed E-state index contributed by atoms with van der Waals surface area (Å²) in [5, 5.41) is 19.9. The Labute approximate surface area is 206 Å². The number of hydrogen-bond acceptors (Lipinski definition) is 8. The third kappa shape index (κ3) is 10.2. The predicted molar refractivity (Wildman–Crippen MR) is 130 cm³/mol. The Balaban J connectivity index is 1.54. The molecule has 10 nitrogen and oxygen atoms in total. The van der Waals surface area contributed by atoms with Gasteiger partial charge in [0, 0.05) is 25.3 Å². The van der Waals surface area contributed by atoms with Crippen molar-refractivity contribution in [1.29, 1.82) is 0 Å². The van der Waals surface area contributed by atoms with Crippen LogP contribution in [0, 0.1) is 0 Å². The van der Waals surface area contributed by atoms with E-state index in [2.05, 4.69) is 4.98 Å². The molecule has 1 unspecified atom stereocenters. The second-order valence-corrected chi connectivity index (χ2v) is 9.04. The van der Waals surface area contributed by atoms with Gasteiger partial charge in [-0.25, -0.2) is 4.79 Å². The number of aliphatic hydroxyl groups is 2. The summed E-state index contributed by atoms with van der Waals surface area (Å²) >= 11 is 0. The molecule has 2 heterocycles. The molecular weight excluding hydrogens is 456 g/mol. The minimum absolute atomic E-state index is 0.0935. The van der Waals surface area contributed by atoms with Crippen LogP contribution in [0.15, 0.2) is 21.9 Å². The lowest BCUT2D eigenvalue weighted by molar-refractivity contribution is -0.143. The van der Waals surface area contributed by atoms with E-state index in [9.17, 15) is 24.6 Å². The number of aliphatic hydroxyl groups excluding tert-OH is 2. The van der Waals surface area contributed by atoms with Gasteiger partial charge < -0.3 is 24.4 Å². The van der Waals surface area contributed by atoms with Crippen molar-refractivity contribution in [1.82, 2.24) is 9.55 Å². The van der Waals surface area contributed by atoms with E-state index >= 15 is 0 Å². The fraction of sp³-hybridized carbons (Fsp3) is 0.800. The summed E-state index contributed by atoms with van der Waals surface area (Å²) in [7, 11) is 0. The summed E-state index contributed by atoms with van der Waals surface area (Å²) in [4.78, 5) is 36.9. The minimum atomic E-state index is -1.08. The van der Waals surface area contributed by atoms with Gasteiger partial charge in [0.05, 0.1) is 13.2 Å². The predicted octanol–water partition coefficient (Wildman–Crippen LogP) is 2.42. The average molecular weight is 499 g/mol. The standard InChI is InChI=1S/C25H42N2O8/c1-2-33-21(30)14-12-10-8-6-4-3-5-7-9-11-13-17-34-23-22(31)19(18-28)35-24(23)27-16-15-20(29)26-25(27)32/h15-16,19,22-24,28,31H,2-14,17-18H2,1H3,(H,26,29,32)/t19-,22+,23?,24-/m1/s1. The number of hydrogen-bond donors (Lipinski definition) is 3. The zero-order valence-electron chi connectivity index (χ0n) is 20.9. The molecule has 0 aliphatic carbocycles. The van der Waals surface area contributed by atoms with Crippen molar-refractivity contribution in [2.45, 2.75) is 109 Å². The molecule has 0 bridgehead atoms. The van der Waals surface area contributed by atoms with Crippen LogP contribution in [0.3, 0.4) is 0 Å². The highest BCUT2D eigenvalue weighted by Gasteiger charge is 2.45. The van der Waals surface area contributed by atoms with Crippen LogP contribution in [0.5, 0.6) is 0 Å². The summed E-state index contributed by atoms with van der Waals surface area (Å²) in [5.74, 6) is -0.0935. The smallest absolute Gasteiger partial charge is 0.330 e. The summed E-state index contributed by atoms with van der Waals surface area (Å²) in [5.41, 5.74) is -1.18. The van der Waals surface area contributed by atoms with Crippen molar-refractivity contribution in [3.05, 3.63) is 33.1 Å². The van der Waals surface area contributed by atoms with Crippen molar-refractivity contribution in [2.75, 3.05) is 19.8 Å². The van der Waals surface area contributed by atoms with Crippen LogP contribution in [0.1, 0.15) is 90.2 Å². The van der Waals surface area contributed by atoms with Gasteiger partial charge in [-0.05, 0) is 19.8 Å². The molecule has 200 valence electrons. The van der Waals surface area contributed by atoms with E-state index in [1.54, 1.807) is 0 Å². The molecule has 3 N–H and O–H groups in total. The Hall–Kier alpha value is -2.01. The lowest BCUT2D eigenvalue weighted by Gasteiger charge is -2.22.